The third-order valence-corrected chi connectivity index (χ3v) is 7.32. The molecule has 0 amide bonds. The Kier molecular flexibility index (Phi) is 5.12. The topological polar surface area (TPSA) is 71.4 Å². The smallest absolute Gasteiger partial charge is 0.267 e. The Balaban J connectivity index is 2.82. The third kappa shape index (κ3) is 4.31. The molecule has 98 valence electrons. The molecule has 1 saturated heterocycles. The Morgan fingerprint density at radius 3 is 2.76 bits per heavy atom. The fourth-order valence-electron chi connectivity index (χ4n) is 1.76. The number of rotatable bonds is 6. The first kappa shape index (κ1) is 15.1. The molecule has 0 bridgehead atoms. The monoisotopic (exact) mass is 296 g/mol. The number of carbonyl (C=O) groups excluding carboxylic acids is 1. The van der Waals surface area contributed by atoms with E-state index in [1.807, 2.05) is 6.92 Å². The van der Waals surface area contributed by atoms with E-state index in [-0.39, 0.29) is 16.8 Å². The zero-order valence-electron chi connectivity index (χ0n) is 9.59. The van der Waals surface area contributed by atoms with E-state index < -0.39 is 14.2 Å². The summed E-state index contributed by atoms with van der Waals surface area (Å²) in [6, 6.07) is 0. The molecule has 1 rings (SSSR count). The van der Waals surface area contributed by atoms with Crippen molar-refractivity contribution in [3.8, 4) is 0 Å². The van der Waals surface area contributed by atoms with Gasteiger partial charge in [0, 0.05) is 5.75 Å². The van der Waals surface area contributed by atoms with Crippen molar-refractivity contribution in [3.63, 3.8) is 0 Å². The second-order valence-electron chi connectivity index (χ2n) is 3.91. The predicted molar refractivity (Wildman–Crippen MR) is 73.1 cm³/mol. The summed E-state index contributed by atoms with van der Waals surface area (Å²) >= 11 is 2.79. The number of ketones is 1. The van der Waals surface area contributed by atoms with Crippen molar-refractivity contribution < 1.29 is 17.8 Å². The molecule has 1 heterocycles. The van der Waals surface area contributed by atoms with Crippen LogP contribution in [-0.4, -0.2) is 39.6 Å². The normalized spacial score (nSPS) is 29.2. The highest BCUT2D eigenvalue weighted by atomic mass is 32.2. The highest BCUT2D eigenvalue weighted by Gasteiger charge is 2.44. The van der Waals surface area contributed by atoms with E-state index in [1.54, 1.807) is 0 Å². The maximum Gasteiger partial charge on any atom is 0.267 e. The molecule has 2 atom stereocenters. The first-order chi connectivity index (χ1) is 7.82. The van der Waals surface area contributed by atoms with Gasteiger partial charge in [0.15, 0.2) is 5.78 Å². The largest absolute Gasteiger partial charge is 0.294 e. The lowest BCUT2D eigenvalue weighted by atomic mass is 10.3. The number of allylic oxidation sites excluding steroid dienone is 1. The molecule has 0 aromatic rings. The zero-order chi connectivity index (χ0) is 13.1. The molecule has 0 spiro atoms. The van der Waals surface area contributed by atoms with Crippen molar-refractivity contribution in [2.24, 2.45) is 0 Å². The van der Waals surface area contributed by atoms with Crippen LogP contribution in [0.5, 0.6) is 0 Å². The summed E-state index contributed by atoms with van der Waals surface area (Å²) < 4.78 is 30.5. The zero-order valence-corrected chi connectivity index (χ0v) is 12.0. The van der Waals surface area contributed by atoms with Crippen molar-refractivity contribution in [1.82, 2.24) is 0 Å². The van der Waals surface area contributed by atoms with Crippen LogP contribution in [0.3, 0.4) is 0 Å². The average Bonchev–Trinajstić information content (AvgIpc) is 2.59. The highest BCUT2D eigenvalue weighted by molar-refractivity contribution is 8.22. The summed E-state index contributed by atoms with van der Waals surface area (Å²) in [5.41, 5.74) is 0. The predicted octanol–water partition coefficient (Wildman–Crippen LogP) is 1.97. The SMILES string of the molecule is C=CC(=O)C1CSC(CCC)(CS(=O)(=O)O)S1. The number of hydrogen-bond acceptors (Lipinski definition) is 5. The molecule has 1 N–H and O–H groups in total. The lowest BCUT2D eigenvalue weighted by molar-refractivity contribution is -0.113. The molecule has 4 nitrogen and oxygen atoms in total. The Bertz CT molecular complexity index is 404. The quantitative estimate of drug-likeness (QED) is 0.597. The van der Waals surface area contributed by atoms with Gasteiger partial charge in [-0.1, -0.05) is 19.9 Å². The molecule has 0 radical (unpaired) electrons. The van der Waals surface area contributed by atoms with Gasteiger partial charge in [-0.3, -0.25) is 9.35 Å². The summed E-state index contributed by atoms with van der Waals surface area (Å²) in [7, 11) is -4.02. The van der Waals surface area contributed by atoms with Crippen LogP contribution in [0.4, 0.5) is 0 Å². The molecule has 0 saturated carbocycles. The molecule has 1 aliphatic heterocycles. The van der Waals surface area contributed by atoms with Gasteiger partial charge in [0.05, 0.1) is 15.1 Å². The Hall–Kier alpha value is 0.0200. The first-order valence-electron chi connectivity index (χ1n) is 5.25. The van der Waals surface area contributed by atoms with Crippen LogP contribution in [0.2, 0.25) is 0 Å². The van der Waals surface area contributed by atoms with Crippen LogP contribution >= 0.6 is 23.5 Å². The first-order valence-corrected chi connectivity index (χ1v) is 8.72. The van der Waals surface area contributed by atoms with Gasteiger partial charge in [-0.05, 0) is 12.5 Å². The maximum absolute atomic E-state index is 11.5. The lowest BCUT2D eigenvalue weighted by Gasteiger charge is -2.25. The van der Waals surface area contributed by atoms with E-state index in [9.17, 15) is 13.2 Å². The van der Waals surface area contributed by atoms with Crippen molar-refractivity contribution >= 4 is 39.4 Å². The standard InChI is InChI=1S/C10H16O4S3/c1-3-5-10(7-17(12,13)14)15-6-9(16-10)8(11)4-2/h4,9H,2-3,5-7H2,1H3,(H,12,13,14). The Labute approximate surface area is 110 Å². The van der Waals surface area contributed by atoms with Gasteiger partial charge in [-0.15, -0.1) is 23.5 Å². The van der Waals surface area contributed by atoms with Crippen LogP contribution in [0.1, 0.15) is 19.8 Å². The van der Waals surface area contributed by atoms with E-state index in [0.29, 0.717) is 12.2 Å². The van der Waals surface area contributed by atoms with Crippen LogP contribution in [-0.2, 0) is 14.9 Å². The Morgan fingerprint density at radius 1 is 1.65 bits per heavy atom. The van der Waals surface area contributed by atoms with E-state index >= 15 is 0 Å². The second kappa shape index (κ2) is 5.77. The van der Waals surface area contributed by atoms with Crippen molar-refractivity contribution in [1.29, 1.82) is 0 Å². The van der Waals surface area contributed by atoms with Crippen LogP contribution in [0.15, 0.2) is 12.7 Å². The van der Waals surface area contributed by atoms with E-state index in [4.69, 9.17) is 4.55 Å². The van der Waals surface area contributed by atoms with Gasteiger partial charge >= 0.3 is 0 Å². The van der Waals surface area contributed by atoms with Crippen molar-refractivity contribution in [2.75, 3.05) is 11.5 Å². The summed E-state index contributed by atoms with van der Waals surface area (Å²) in [4.78, 5) is 11.5. The van der Waals surface area contributed by atoms with Crippen molar-refractivity contribution in [2.45, 2.75) is 29.1 Å². The molecule has 17 heavy (non-hydrogen) atoms. The Morgan fingerprint density at radius 2 is 2.29 bits per heavy atom. The van der Waals surface area contributed by atoms with Gasteiger partial charge in [0.2, 0.25) is 0 Å². The molecule has 1 fully saturated rings. The van der Waals surface area contributed by atoms with E-state index in [1.165, 1.54) is 29.6 Å². The summed E-state index contributed by atoms with van der Waals surface area (Å²) in [6.07, 6.45) is 2.74. The minimum Gasteiger partial charge on any atom is -0.294 e. The third-order valence-electron chi connectivity index (χ3n) is 2.41. The highest BCUT2D eigenvalue weighted by Crippen LogP contribution is 2.51. The van der Waals surface area contributed by atoms with Crippen LogP contribution in [0.25, 0.3) is 0 Å². The molecule has 0 aromatic heterocycles. The molecule has 2 unspecified atom stereocenters. The molecular formula is C10H16O4S3. The van der Waals surface area contributed by atoms with Gasteiger partial charge < -0.3 is 0 Å². The van der Waals surface area contributed by atoms with Crippen LogP contribution < -0.4 is 0 Å². The molecular weight excluding hydrogens is 280 g/mol. The minimum atomic E-state index is -4.02. The fourth-order valence-corrected chi connectivity index (χ4v) is 7.29. The number of thioether (sulfide) groups is 2. The second-order valence-corrected chi connectivity index (χ2v) is 8.61. The average molecular weight is 296 g/mol. The molecule has 7 heteroatoms. The van der Waals surface area contributed by atoms with Gasteiger partial charge in [0.25, 0.3) is 10.1 Å². The number of carbonyl (C=O) groups is 1. The van der Waals surface area contributed by atoms with Crippen LogP contribution in [0, 0.1) is 0 Å². The fraction of sp³-hybridized carbons (Fsp3) is 0.700. The van der Waals surface area contributed by atoms with Crippen molar-refractivity contribution in [3.05, 3.63) is 12.7 Å². The summed E-state index contributed by atoms with van der Waals surface area (Å²) in [5.74, 6) is 0.200. The molecule has 1 aliphatic rings. The van der Waals surface area contributed by atoms with Gasteiger partial charge in [0.1, 0.15) is 0 Å². The van der Waals surface area contributed by atoms with E-state index in [0.717, 1.165) is 6.42 Å². The molecule has 0 aromatic carbocycles. The van der Waals surface area contributed by atoms with Gasteiger partial charge in [-0.2, -0.15) is 8.42 Å². The summed E-state index contributed by atoms with van der Waals surface area (Å²) in [6.45, 7) is 5.39. The van der Waals surface area contributed by atoms with E-state index in [2.05, 4.69) is 6.58 Å². The number of hydrogen-bond donors (Lipinski definition) is 1. The maximum atomic E-state index is 11.5. The minimum absolute atomic E-state index is 0.0733. The molecule has 0 aliphatic carbocycles. The summed E-state index contributed by atoms with van der Waals surface area (Å²) in [5, 5.41) is -0.245. The lowest BCUT2D eigenvalue weighted by Crippen LogP contribution is -2.29. The van der Waals surface area contributed by atoms with Gasteiger partial charge in [-0.25, -0.2) is 0 Å².